The summed E-state index contributed by atoms with van der Waals surface area (Å²) < 4.78 is 0. The van der Waals surface area contributed by atoms with E-state index in [1.54, 1.807) is 7.05 Å². The summed E-state index contributed by atoms with van der Waals surface area (Å²) >= 11 is 1.43. The van der Waals surface area contributed by atoms with Crippen molar-refractivity contribution >= 4 is 23.8 Å². The quantitative estimate of drug-likeness (QED) is 0.790. The number of carboxylic acid groups (broad SMARTS) is 1. The summed E-state index contributed by atoms with van der Waals surface area (Å²) in [6.07, 6.45) is 1.36. The number of H-pyrrole nitrogens is 1. The summed E-state index contributed by atoms with van der Waals surface area (Å²) in [5.41, 5.74) is 0. The van der Waals surface area contributed by atoms with Crippen LogP contribution in [0.4, 0.5) is 4.79 Å². The molecule has 1 aliphatic rings. The summed E-state index contributed by atoms with van der Waals surface area (Å²) in [4.78, 5) is 29.8. The van der Waals surface area contributed by atoms with E-state index in [0.717, 1.165) is 0 Å². The minimum atomic E-state index is -0.971. The largest absolute Gasteiger partial charge is 0.480 e. The van der Waals surface area contributed by atoms with Crippen LogP contribution in [0.25, 0.3) is 0 Å². The second kappa shape index (κ2) is 5.25. The van der Waals surface area contributed by atoms with Crippen molar-refractivity contribution in [1.82, 2.24) is 25.0 Å². The molecule has 2 heterocycles. The highest BCUT2D eigenvalue weighted by molar-refractivity contribution is 7.99. The Hall–Kier alpha value is -1.77. The zero-order chi connectivity index (χ0) is 13.1. The summed E-state index contributed by atoms with van der Waals surface area (Å²) in [5, 5.41) is 15.4. The van der Waals surface area contributed by atoms with Crippen molar-refractivity contribution in [2.24, 2.45) is 0 Å². The summed E-state index contributed by atoms with van der Waals surface area (Å²) in [6, 6.07) is -1.07. The van der Waals surface area contributed by atoms with Gasteiger partial charge >= 0.3 is 12.0 Å². The number of hydrogen-bond acceptors (Lipinski definition) is 5. The maximum Gasteiger partial charge on any atom is 0.327 e. The Morgan fingerprint density at radius 2 is 2.50 bits per heavy atom. The van der Waals surface area contributed by atoms with Gasteiger partial charge in [0.15, 0.2) is 0 Å². The Morgan fingerprint density at radius 3 is 3.11 bits per heavy atom. The lowest BCUT2D eigenvalue weighted by atomic mass is 10.3. The number of nitrogens with zero attached hydrogens (tertiary/aromatic N) is 4. The van der Waals surface area contributed by atoms with Crippen molar-refractivity contribution in [2.75, 3.05) is 18.7 Å². The zero-order valence-corrected chi connectivity index (χ0v) is 10.6. The summed E-state index contributed by atoms with van der Waals surface area (Å²) in [6.45, 7) is 0.270. The number of rotatable bonds is 3. The maximum atomic E-state index is 12.1. The van der Waals surface area contributed by atoms with Gasteiger partial charge in [0.2, 0.25) is 0 Å². The molecule has 0 aliphatic carbocycles. The highest BCUT2D eigenvalue weighted by Gasteiger charge is 2.36. The minimum Gasteiger partial charge on any atom is -0.480 e. The first kappa shape index (κ1) is 12.7. The third-order valence-electron chi connectivity index (χ3n) is 2.59. The number of amides is 2. The van der Waals surface area contributed by atoms with Crippen LogP contribution in [-0.4, -0.2) is 66.8 Å². The molecule has 1 aromatic rings. The fourth-order valence-corrected chi connectivity index (χ4v) is 2.79. The first-order valence-corrected chi connectivity index (χ1v) is 6.41. The van der Waals surface area contributed by atoms with Crippen molar-refractivity contribution in [3.05, 3.63) is 12.2 Å². The van der Waals surface area contributed by atoms with Gasteiger partial charge in [-0.2, -0.15) is 5.10 Å². The fourth-order valence-electron chi connectivity index (χ4n) is 1.65. The molecular weight excluding hydrogens is 258 g/mol. The third-order valence-corrected chi connectivity index (χ3v) is 3.60. The van der Waals surface area contributed by atoms with Crippen LogP contribution in [0, 0.1) is 0 Å². The molecule has 0 saturated carbocycles. The minimum absolute atomic E-state index is 0.270. The molecule has 1 saturated heterocycles. The average molecular weight is 271 g/mol. The Labute approximate surface area is 107 Å². The predicted octanol–water partition coefficient (Wildman–Crippen LogP) is -0.184. The van der Waals surface area contributed by atoms with E-state index in [1.165, 1.54) is 27.9 Å². The van der Waals surface area contributed by atoms with Gasteiger partial charge in [-0.1, -0.05) is 0 Å². The number of urea groups is 1. The molecule has 2 rings (SSSR count). The van der Waals surface area contributed by atoms with E-state index >= 15 is 0 Å². The van der Waals surface area contributed by atoms with Gasteiger partial charge < -0.3 is 14.9 Å². The lowest BCUT2D eigenvalue weighted by Crippen LogP contribution is -2.47. The van der Waals surface area contributed by atoms with Crippen LogP contribution < -0.4 is 0 Å². The van der Waals surface area contributed by atoms with E-state index in [4.69, 9.17) is 5.11 Å². The molecule has 0 bridgehead atoms. The number of carbonyl (C=O) groups is 2. The molecule has 2 amide bonds. The lowest BCUT2D eigenvalue weighted by molar-refractivity contribution is -0.140. The van der Waals surface area contributed by atoms with Gasteiger partial charge in [0.25, 0.3) is 0 Å². The molecule has 0 radical (unpaired) electrons. The molecule has 0 unspecified atom stereocenters. The number of aromatic nitrogens is 3. The van der Waals surface area contributed by atoms with Crippen molar-refractivity contribution < 1.29 is 14.7 Å². The zero-order valence-electron chi connectivity index (χ0n) is 9.74. The topological polar surface area (TPSA) is 102 Å². The predicted molar refractivity (Wildman–Crippen MR) is 63.8 cm³/mol. The van der Waals surface area contributed by atoms with Crippen molar-refractivity contribution in [3.8, 4) is 0 Å². The molecule has 1 aliphatic heterocycles. The number of aromatic amines is 1. The Balaban J connectivity index is 1.99. The number of carbonyl (C=O) groups excluding carboxylic acids is 1. The summed E-state index contributed by atoms with van der Waals surface area (Å²) in [7, 11) is 1.60. The van der Waals surface area contributed by atoms with Gasteiger partial charge in [0.05, 0.1) is 12.4 Å². The second-order valence-corrected chi connectivity index (χ2v) is 4.89. The molecule has 9 heteroatoms. The normalized spacial score (nSPS) is 18.9. The van der Waals surface area contributed by atoms with Crippen LogP contribution in [-0.2, 0) is 11.3 Å². The maximum absolute atomic E-state index is 12.1. The van der Waals surface area contributed by atoms with E-state index in [1.807, 2.05) is 0 Å². The van der Waals surface area contributed by atoms with Gasteiger partial charge in [-0.25, -0.2) is 14.6 Å². The first-order chi connectivity index (χ1) is 8.59. The van der Waals surface area contributed by atoms with Gasteiger partial charge in [-0.3, -0.25) is 5.10 Å². The van der Waals surface area contributed by atoms with E-state index in [2.05, 4.69) is 15.2 Å². The van der Waals surface area contributed by atoms with Crippen molar-refractivity contribution in [1.29, 1.82) is 0 Å². The Morgan fingerprint density at radius 1 is 1.72 bits per heavy atom. The van der Waals surface area contributed by atoms with E-state index < -0.39 is 12.0 Å². The van der Waals surface area contributed by atoms with Crippen LogP contribution in [0.15, 0.2) is 6.33 Å². The van der Waals surface area contributed by atoms with Gasteiger partial charge in [-0.05, 0) is 0 Å². The van der Waals surface area contributed by atoms with Crippen LogP contribution in [0.1, 0.15) is 5.82 Å². The molecule has 18 heavy (non-hydrogen) atoms. The summed E-state index contributed by atoms with van der Waals surface area (Å²) in [5.74, 6) is 0.416. The second-order valence-electron chi connectivity index (χ2n) is 3.89. The highest BCUT2D eigenvalue weighted by atomic mass is 32.2. The molecule has 1 aromatic heterocycles. The van der Waals surface area contributed by atoms with Gasteiger partial charge in [-0.15, -0.1) is 11.8 Å². The Bertz CT molecular complexity index is 437. The molecule has 2 N–H and O–H groups in total. The molecular formula is C9H13N5O3S. The van der Waals surface area contributed by atoms with Crippen LogP contribution in [0.2, 0.25) is 0 Å². The standard InChI is InChI=1S/C9H13N5O3S/c1-13(2-7-10-4-11-12-7)9(17)14-5-18-3-6(14)8(15)16/h4,6H,2-3,5H2,1H3,(H,15,16)(H,10,11,12)/t6-/m0/s1. The number of thioether (sulfide) groups is 1. The number of aliphatic carboxylic acids is 1. The molecule has 98 valence electrons. The average Bonchev–Trinajstić information content (AvgIpc) is 2.97. The molecule has 0 aromatic carbocycles. The monoisotopic (exact) mass is 271 g/mol. The number of carboxylic acids is 1. The Kier molecular flexibility index (Phi) is 3.70. The SMILES string of the molecule is CN(Cc1ncn[nH]1)C(=O)N1CSC[C@H]1C(=O)O. The van der Waals surface area contributed by atoms with Crippen LogP contribution in [0.5, 0.6) is 0 Å². The number of hydrogen-bond donors (Lipinski definition) is 2. The van der Waals surface area contributed by atoms with Crippen LogP contribution >= 0.6 is 11.8 Å². The highest BCUT2D eigenvalue weighted by Crippen LogP contribution is 2.22. The van der Waals surface area contributed by atoms with Gasteiger partial charge in [0, 0.05) is 12.8 Å². The van der Waals surface area contributed by atoms with Crippen molar-refractivity contribution in [3.63, 3.8) is 0 Å². The smallest absolute Gasteiger partial charge is 0.327 e. The van der Waals surface area contributed by atoms with E-state index in [-0.39, 0.29) is 12.6 Å². The molecule has 8 nitrogen and oxygen atoms in total. The molecule has 1 atom stereocenters. The molecule has 1 fully saturated rings. The first-order valence-electron chi connectivity index (χ1n) is 5.26. The van der Waals surface area contributed by atoms with Crippen LogP contribution in [0.3, 0.4) is 0 Å². The molecule has 0 spiro atoms. The lowest BCUT2D eigenvalue weighted by Gasteiger charge is -2.26. The van der Waals surface area contributed by atoms with E-state index in [9.17, 15) is 9.59 Å². The number of nitrogens with one attached hydrogen (secondary N) is 1. The fraction of sp³-hybridized carbons (Fsp3) is 0.556. The third kappa shape index (κ3) is 2.55. The van der Waals surface area contributed by atoms with Crippen molar-refractivity contribution in [2.45, 2.75) is 12.6 Å². The van der Waals surface area contributed by atoms with Gasteiger partial charge in [0.1, 0.15) is 18.2 Å². The van der Waals surface area contributed by atoms with E-state index in [0.29, 0.717) is 17.5 Å².